The van der Waals surface area contributed by atoms with Crippen LogP contribution in [0.15, 0.2) is 6.07 Å². The third kappa shape index (κ3) is 1.64. The van der Waals surface area contributed by atoms with Crippen molar-refractivity contribution in [2.24, 2.45) is 0 Å². The quantitative estimate of drug-likeness (QED) is 0.689. The van der Waals surface area contributed by atoms with Gasteiger partial charge in [0.2, 0.25) is 0 Å². The molecule has 0 saturated heterocycles. The van der Waals surface area contributed by atoms with Crippen LogP contribution in [0.4, 0.5) is 5.00 Å². The number of nitrogen functional groups attached to an aromatic ring is 1. The fourth-order valence-corrected chi connectivity index (χ4v) is 1.64. The summed E-state index contributed by atoms with van der Waals surface area (Å²) in [4.78, 5) is 10.9. The van der Waals surface area contributed by atoms with Crippen LogP contribution in [0.3, 0.4) is 0 Å². The van der Waals surface area contributed by atoms with Crippen molar-refractivity contribution in [1.29, 1.82) is 0 Å². The van der Waals surface area contributed by atoms with Crippen molar-refractivity contribution in [2.75, 3.05) is 12.8 Å². The van der Waals surface area contributed by atoms with Crippen LogP contribution in [-0.4, -0.2) is 13.1 Å². The summed E-state index contributed by atoms with van der Waals surface area (Å²) >= 11 is 6.75. The van der Waals surface area contributed by atoms with E-state index in [4.69, 9.17) is 17.3 Å². The maximum Gasteiger partial charge on any atom is 0.340 e. The Kier molecular flexibility index (Phi) is 2.36. The van der Waals surface area contributed by atoms with Gasteiger partial charge in [-0.25, -0.2) is 4.79 Å². The maximum absolute atomic E-state index is 10.9. The highest BCUT2D eigenvalue weighted by molar-refractivity contribution is 7.20. The lowest BCUT2D eigenvalue weighted by atomic mass is 10.3. The van der Waals surface area contributed by atoms with Gasteiger partial charge in [0.15, 0.2) is 0 Å². The standard InChI is InChI=1S/C6H6ClNO2S/c1-10-6(9)3-2-4(7)11-5(3)8/h2H,8H2,1H3. The number of hydrogen-bond donors (Lipinski definition) is 1. The molecule has 3 nitrogen and oxygen atoms in total. The molecule has 60 valence electrons. The molecular formula is C6H6ClNO2S. The first-order chi connectivity index (χ1) is 5.15. The number of ether oxygens (including phenoxy) is 1. The van der Waals surface area contributed by atoms with E-state index in [2.05, 4.69) is 4.74 Å². The zero-order valence-corrected chi connectivity index (χ0v) is 7.33. The molecule has 0 bridgehead atoms. The largest absolute Gasteiger partial charge is 0.465 e. The molecule has 2 N–H and O–H groups in total. The maximum atomic E-state index is 10.9. The highest BCUT2D eigenvalue weighted by Gasteiger charge is 2.12. The Labute approximate surface area is 72.7 Å². The molecule has 0 radical (unpaired) electrons. The topological polar surface area (TPSA) is 52.3 Å². The summed E-state index contributed by atoms with van der Waals surface area (Å²) in [6.07, 6.45) is 0. The molecule has 0 spiro atoms. The number of methoxy groups -OCH3 is 1. The van der Waals surface area contributed by atoms with Crippen molar-refractivity contribution in [3.05, 3.63) is 16.0 Å². The number of halogens is 1. The summed E-state index contributed by atoms with van der Waals surface area (Å²) in [5, 5.41) is 0.391. The van der Waals surface area contributed by atoms with Crippen LogP contribution in [0.1, 0.15) is 10.4 Å². The molecule has 5 heteroatoms. The van der Waals surface area contributed by atoms with E-state index in [1.807, 2.05) is 0 Å². The van der Waals surface area contributed by atoms with E-state index in [1.54, 1.807) is 0 Å². The van der Waals surface area contributed by atoms with Gasteiger partial charge in [-0.3, -0.25) is 0 Å². The van der Waals surface area contributed by atoms with Crippen molar-refractivity contribution >= 4 is 33.9 Å². The fraction of sp³-hybridized carbons (Fsp3) is 0.167. The molecule has 1 aromatic heterocycles. The van der Waals surface area contributed by atoms with Crippen molar-refractivity contribution < 1.29 is 9.53 Å². The molecule has 0 aliphatic rings. The fourth-order valence-electron chi connectivity index (χ4n) is 0.644. The molecule has 0 aliphatic carbocycles. The van der Waals surface area contributed by atoms with Crippen LogP contribution in [0.2, 0.25) is 4.34 Å². The number of hydrogen-bond acceptors (Lipinski definition) is 4. The lowest BCUT2D eigenvalue weighted by molar-refractivity contribution is 0.0602. The second kappa shape index (κ2) is 3.11. The monoisotopic (exact) mass is 191 g/mol. The average Bonchev–Trinajstić information content (AvgIpc) is 2.28. The van der Waals surface area contributed by atoms with Crippen LogP contribution in [0.25, 0.3) is 0 Å². The van der Waals surface area contributed by atoms with Crippen molar-refractivity contribution in [3.8, 4) is 0 Å². The van der Waals surface area contributed by atoms with Gasteiger partial charge in [0.05, 0.1) is 17.0 Å². The summed E-state index contributed by atoms with van der Waals surface area (Å²) in [7, 11) is 1.30. The Hall–Kier alpha value is -0.740. The number of nitrogens with two attached hydrogens (primary N) is 1. The summed E-state index contributed by atoms with van der Waals surface area (Å²) in [5.41, 5.74) is 5.79. The molecular weight excluding hydrogens is 186 g/mol. The molecule has 1 heterocycles. The van der Waals surface area contributed by atoms with Gasteiger partial charge >= 0.3 is 5.97 Å². The number of anilines is 1. The lowest BCUT2D eigenvalue weighted by Gasteiger charge is -1.94. The molecule has 0 fully saturated rings. The molecule has 0 amide bonds. The number of esters is 1. The van der Waals surface area contributed by atoms with Gasteiger partial charge in [0.25, 0.3) is 0 Å². The highest BCUT2D eigenvalue weighted by atomic mass is 35.5. The van der Waals surface area contributed by atoms with Crippen LogP contribution in [-0.2, 0) is 4.74 Å². The molecule has 0 aromatic carbocycles. The van der Waals surface area contributed by atoms with E-state index >= 15 is 0 Å². The normalized spacial score (nSPS) is 9.64. The van der Waals surface area contributed by atoms with E-state index in [9.17, 15) is 4.79 Å². The van der Waals surface area contributed by atoms with E-state index < -0.39 is 5.97 Å². The lowest BCUT2D eigenvalue weighted by Crippen LogP contribution is -2.01. The SMILES string of the molecule is COC(=O)c1cc(Cl)sc1N. The van der Waals surface area contributed by atoms with Gasteiger partial charge in [0.1, 0.15) is 5.00 Å². The highest BCUT2D eigenvalue weighted by Crippen LogP contribution is 2.29. The first-order valence-electron chi connectivity index (χ1n) is 2.78. The second-order valence-electron chi connectivity index (χ2n) is 1.82. The van der Waals surface area contributed by atoms with Gasteiger partial charge in [0, 0.05) is 0 Å². The van der Waals surface area contributed by atoms with Crippen LogP contribution in [0, 0.1) is 0 Å². The minimum atomic E-state index is -0.453. The number of thiophene rings is 1. The third-order valence-corrected chi connectivity index (χ3v) is 2.23. The molecule has 0 aliphatic heterocycles. The Bertz CT molecular complexity index is 284. The van der Waals surface area contributed by atoms with Gasteiger partial charge in [-0.2, -0.15) is 0 Å². The first-order valence-corrected chi connectivity index (χ1v) is 3.97. The van der Waals surface area contributed by atoms with Crippen molar-refractivity contribution in [2.45, 2.75) is 0 Å². The Morgan fingerprint density at radius 2 is 2.45 bits per heavy atom. The van der Waals surface area contributed by atoms with Gasteiger partial charge in [-0.05, 0) is 6.07 Å². The van der Waals surface area contributed by atoms with Crippen LogP contribution in [0.5, 0.6) is 0 Å². The minimum Gasteiger partial charge on any atom is -0.465 e. The molecule has 1 aromatic rings. The summed E-state index contributed by atoms with van der Waals surface area (Å²) in [6.45, 7) is 0. The smallest absolute Gasteiger partial charge is 0.340 e. The van der Waals surface area contributed by atoms with E-state index in [1.165, 1.54) is 13.2 Å². The van der Waals surface area contributed by atoms with E-state index in [-0.39, 0.29) is 0 Å². The summed E-state index contributed by atoms with van der Waals surface area (Å²) in [6, 6.07) is 1.49. The number of carbonyl (C=O) groups is 1. The predicted molar refractivity (Wildman–Crippen MR) is 45.1 cm³/mol. The van der Waals surface area contributed by atoms with Crippen LogP contribution >= 0.6 is 22.9 Å². The molecule has 1 rings (SSSR count). The summed E-state index contributed by atoms with van der Waals surface area (Å²) in [5.74, 6) is -0.453. The van der Waals surface area contributed by atoms with Gasteiger partial charge in [-0.1, -0.05) is 11.6 Å². The Morgan fingerprint density at radius 1 is 1.82 bits per heavy atom. The number of rotatable bonds is 1. The summed E-state index contributed by atoms with van der Waals surface area (Å²) < 4.78 is 4.95. The average molecular weight is 192 g/mol. The van der Waals surface area contributed by atoms with Crippen molar-refractivity contribution in [1.82, 2.24) is 0 Å². The zero-order valence-electron chi connectivity index (χ0n) is 5.76. The minimum absolute atomic E-state index is 0.336. The third-order valence-electron chi connectivity index (χ3n) is 1.14. The molecule has 0 unspecified atom stereocenters. The molecule has 11 heavy (non-hydrogen) atoms. The predicted octanol–water partition coefficient (Wildman–Crippen LogP) is 1.77. The van der Waals surface area contributed by atoms with E-state index in [0.29, 0.717) is 14.9 Å². The van der Waals surface area contributed by atoms with E-state index in [0.717, 1.165) is 11.3 Å². The Morgan fingerprint density at radius 3 is 2.82 bits per heavy atom. The zero-order chi connectivity index (χ0) is 8.43. The second-order valence-corrected chi connectivity index (χ2v) is 3.54. The number of carbonyl (C=O) groups excluding carboxylic acids is 1. The van der Waals surface area contributed by atoms with Crippen LogP contribution < -0.4 is 5.73 Å². The first kappa shape index (κ1) is 8.36. The molecule has 0 atom stereocenters. The van der Waals surface area contributed by atoms with Gasteiger partial charge in [-0.15, -0.1) is 11.3 Å². The van der Waals surface area contributed by atoms with Crippen molar-refractivity contribution in [3.63, 3.8) is 0 Å². The van der Waals surface area contributed by atoms with Gasteiger partial charge < -0.3 is 10.5 Å². The Balaban J connectivity index is 3.03. The molecule has 0 saturated carbocycles.